The van der Waals surface area contributed by atoms with Crippen LogP contribution in [0, 0.1) is 11.8 Å². The summed E-state index contributed by atoms with van der Waals surface area (Å²) in [5, 5.41) is 0. The molecule has 0 spiro atoms. The van der Waals surface area contributed by atoms with E-state index in [9.17, 15) is 4.79 Å². The second kappa shape index (κ2) is 7.91. The van der Waals surface area contributed by atoms with Gasteiger partial charge in [-0.2, -0.15) is 0 Å². The Kier molecular flexibility index (Phi) is 6.19. The lowest BCUT2D eigenvalue weighted by Gasteiger charge is -2.26. The van der Waals surface area contributed by atoms with E-state index in [4.69, 9.17) is 0 Å². The van der Waals surface area contributed by atoms with Crippen LogP contribution >= 0.6 is 0 Å². The van der Waals surface area contributed by atoms with Crippen molar-refractivity contribution in [2.24, 2.45) is 11.8 Å². The zero-order chi connectivity index (χ0) is 13.5. The van der Waals surface area contributed by atoms with Gasteiger partial charge in [-0.3, -0.25) is 4.79 Å². The van der Waals surface area contributed by atoms with Crippen LogP contribution in [-0.2, 0) is 4.79 Å². The number of hydrogen-bond donors (Lipinski definition) is 0. The summed E-state index contributed by atoms with van der Waals surface area (Å²) in [6, 6.07) is 0. The molecule has 2 fully saturated rings. The second-order valence-electron chi connectivity index (χ2n) is 6.62. The molecule has 1 unspecified atom stereocenters. The highest BCUT2D eigenvalue weighted by Crippen LogP contribution is 2.29. The minimum Gasteiger partial charge on any atom is -0.342 e. The zero-order valence-electron chi connectivity index (χ0n) is 12.7. The fourth-order valence-corrected chi connectivity index (χ4v) is 3.74. The Bertz CT molecular complexity index is 270. The van der Waals surface area contributed by atoms with Gasteiger partial charge in [0.15, 0.2) is 0 Å². The van der Waals surface area contributed by atoms with E-state index in [2.05, 4.69) is 11.8 Å². The van der Waals surface area contributed by atoms with E-state index < -0.39 is 0 Å². The van der Waals surface area contributed by atoms with Crippen LogP contribution in [0.3, 0.4) is 0 Å². The van der Waals surface area contributed by atoms with Gasteiger partial charge in [-0.05, 0) is 31.6 Å². The number of amides is 1. The fraction of sp³-hybridized carbons (Fsp3) is 0.941. The summed E-state index contributed by atoms with van der Waals surface area (Å²) in [5.41, 5.74) is 0. The Labute approximate surface area is 118 Å². The van der Waals surface area contributed by atoms with Crippen molar-refractivity contribution in [3.63, 3.8) is 0 Å². The van der Waals surface area contributed by atoms with Gasteiger partial charge in [0, 0.05) is 19.0 Å². The summed E-state index contributed by atoms with van der Waals surface area (Å²) >= 11 is 0. The molecule has 0 aromatic heterocycles. The predicted molar refractivity (Wildman–Crippen MR) is 80.0 cm³/mol. The lowest BCUT2D eigenvalue weighted by molar-refractivity contribution is -0.135. The summed E-state index contributed by atoms with van der Waals surface area (Å²) < 4.78 is 0. The average Bonchev–Trinajstić information content (AvgIpc) is 2.92. The number of carbonyl (C=O) groups is 1. The maximum absolute atomic E-state index is 12.4. The average molecular weight is 265 g/mol. The van der Waals surface area contributed by atoms with Crippen LogP contribution in [0.1, 0.15) is 77.6 Å². The number of likely N-dealkylation sites (tertiary alicyclic amines) is 1. The summed E-state index contributed by atoms with van der Waals surface area (Å²) in [4.78, 5) is 14.6. The number of unbranched alkanes of at least 4 members (excludes halogenated alkanes) is 3. The predicted octanol–water partition coefficient (Wildman–Crippen LogP) is 4.39. The molecule has 0 aromatic rings. The Morgan fingerprint density at radius 1 is 1.05 bits per heavy atom. The zero-order valence-corrected chi connectivity index (χ0v) is 12.7. The van der Waals surface area contributed by atoms with Crippen LogP contribution in [0.2, 0.25) is 0 Å². The van der Waals surface area contributed by atoms with Crippen LogP contribution in [-0.4, -0.2) is 23.9 Å². The first-order chi connectivity index (χ1) is 9.31. The maximum Gasteiger partial charge on any atom is 0.225 e. The molecule has 1 saturated carbocycles. The van der Waals surface area contributed by atoms with Crippen molar-refractivity contribution >= 4 is 5.91 Å². The molecule has 0 radical (unpaired) electrons. The fourth-order valence-electron chi connectivity index (χ4n) is 3.74. The van der Waals surface area contributed by atoms with E-state index in [-0.39, 0.29) is 0 Å². The van der Waals surface area contributed by atoms with Crippen molar-refractivity contribution in [2.75, 3.05) is 13.1 Å². The third-order valence-corrected chi connectivity index (χ3v) is 5.02. The van der Waals surface area contributed by atoms with Gasteiger partial charge < -0.3 is 4.90 Å². The van der Waals surface area contributed by atoms with Gasteiger partial charge >= 0.3 is 0 Å². The molecule has 0 aromatic carbocycles. The summed E-state index contributed by atoms with van der Waals surface area (Å²) in [7, 11) is 0. The second-order valence-corrected chi connectivity index (χ2v) is 6.62. The number of rotatable bonds is 6. The lowest BCUT2D eigenvalue weighted by Crippen LogP contribution is -2.35. The van der Waals surface area contributed by atoms with Crippen molar-refractivity contribution in [1.82, 2.24) is 4.90 Å². The molecule has 1 aliphatic heterocycles. The third kappa shape index (κ3) is 4.50. The standard InChI is InChI=1S/C17H31NO/c1-2-3-4-6-9-15-12-13-18(14-15)17(19)16-10-7-5-8-11-16/h15-16H,2-14H2,1H3. The lowest BCUT2D eigenvalue weighted by atomic mass is 9.88. The van der Waals surface area contributed by atoms with Crippen molar-refractivity contribution < 1.29 is 4.79 Å². The monoisotopic (exact) mass is 265 g/mol. The Hall–Kier alpha value is -0.530. The SMILES string of the molecule is CCCCCCC1CCN(C(=O)C2CCCCC2)C1. The molecule has 19 heavy (non-hydrogen) atoms. The largest absolute Gasteiger partial charge is 0.342 e. The number of hydrogen-bond acceptors (Lipinski definition) is 1. The van der Waals surface area contributed by atoms with Gasteiger partial charge in [0.2, 0.25) is 5.91 Å². The molecule has 2 aliphatic rings. The van der Waals surface area contributed by atoms with Crippen molar-refractivity contribution in [1.29, 1.82) is 0 Å². The Balaban J connectivity index is 1.67. The molecule has 0 N–H and O–H groups in total. The van der Waals surface area contributed by atoms with Crippen molar-refractivity contribution in [3.05, 3.63) is 0 Å². The van der Waals surface area contributed by atoms with Crippen molar-refractivity contribution in [2.45, 2.75) is 77.6 Å². The van der Waals surface area contributed by atoms with Gasteiger partial charge in [-0.25, -0.2) is 0 Å². The van der Waals surface area contributed by atoms with Crippen LogP contribution in [0.15, 0.2) is 0 Å². The highest BCUT2D eigenvalue weighted by Gasteiger charge is 2.30. The third-order valence-electron chi connectivity index (χ3n) is 5.02. The smallest absolute Gasteiger partial charge is 0.225 e. The minimum atomic E-state index is 0.368. The number of carbonyl (C=O) groups excluding carboxylic acids is 1. The molecule has 2 heteroatoms. The molecule has 2 rings (SSSR count). The maximum atomic E-state index is 12.4. The van der Waals surface area contributed by atoms with Gasteiger partial charge in [0.1, 0.15) is 0 Å². The molecule has 1 saturated heterocycles. The topological polar surface area (TPSA) is 20.3 Å². The summed E-state index contributed by atoms with van der Waals surface area (Å²) in [6.07, 6.45) is 14.2. The highest BCUT2D eigenvalue weighted by atomic mass is 16.2. The number of nitrogens with zero attached hydrogens (tertiary/aromatic N) is 1. The summed E-state index contributed by atoms with van der Waals surface area (Å²) in [5.74, 6) is 1.65. The quantitative estimate of drug-likeness (QED) is 0.652. The molecule has 1 heterocycles. The van der Waals surface area contributed by atoms with E-state index in [1.165, 1.54) is 57.8 Å². The molecule has 1 atom stereocenters. The first-order valence-corrected chi connectivity index (χ1v) is 8.60. The first kappa shape index (κ1) is 14.9. The molecule has 1 aliphatic carbocycles. The van der Waals surface area contributed by atoms with E-state index in [1.807, 2.05) is 0 Å². The van der Waals surface area contributed by atoms with Gasteiger partial charge in [-0.15, -0.1) is 0 Å². The van der Waals surface area contributed by atoms with Crippen LogP contribution in [0.5, 0.6) is 0 Å². The van der Waals surface area contributed by atoms with Gasteiger partial charge in [0.25, 0.3) is 0 Å². The molecule has 1 amide bonds. The normalized spacial score (nSPS) is 24.9. The first-order valence-electron chi connectivity index (χ1n) is 8.60. The van der Waals surface area contributed by atoms with E-state index in [1.54, 1.807) is 0 Å². The van der Waals surface area contributed by atoms with Gasteiger partial charge in [-0.1, -0.05) is 51.9 Å². The van der Waals surface area contributed by atoms with Gasteiger partial charge in [0.05, 0.1) is 0 Å². The van der Waals surface area contributed by atoms with Crippen LogP contribution < -0.4 is 0 Å². The molecular weight excluding hydrogens is 234 g/mol. The Morgan fingerprint density at radius 3 is 2.58 bits per heavy atom. The van der Waals surface area contributed by atoms with E-state index in [0.717, 1.165) is 31.8 Å². The molecule has 110 valence electrons. The van der Waals surface area contributed by atoms with Crippen molar-refractivity contribution in [3.8, 4) is 0 Å². The highest BCUT2D eigenvalue weighted by molar-refractivity contribution is 5.79. The minimum absolute atomic E-state index is 0.368. The molecular formula is C17H31NO. The van der Waals surface area contributed by atoms with E-state index in [0.29, 0.717) is 11.8 Å². The van der Waals surface area contributed by atoms with Crippen LogP contribution in [0.25, 0.3) is 0 Å². The summed E-state index contributed by atoms with van der Waals surface area (Å²) in [6.45, 7) is 4.36. The van der Waals surface area contributed by atoms with Crippen LogP contribution in [0.4, 0.5) is 0 Å². The molecule has 0 bridgehead atoms. The Morgan fingerprint density at radius 2 is 1.84 bits per heavy atom. The molecule has 2 nitrogen and oxygen atoms in total. The van der Waals surface area contributed by atoms with E-state index >= 15 is 0 Å².